The Morgan fingerprint density at radius 3 is 2.82 bits per heavy atom. The molecule has 0 saturated heterocycles. The van der Waals surface area contributed by atoms with Gasteiger partial charge >= 0.3 is 0 Å². The van der Waals surface area contributed by atoms with E-state index < -0.39 is 0 Å². The fourth-order valence-corrected chi connectivity index (χ4v) is 2.56. The molecule has 4 heteroatoms. The number of amides is 1. The molecule has 0 aromatic heterocycles. The van der Waals surface area contributed by atoms with Crippen LogP contribution in [0, 0.1) is 0 Å². The molecule has 1 aliphatic carbocycles. The van der Waals surface area contributed by atoms with Crippen molar-refractivity contribution < 1.29 is 9.63 Å². The summed E-state index contributed by atoms with van der Waals surface area (Å²) in [4.78, 5) is 17.8. The van der Waals surface area contributed by atoms with Gasteiger partial charge in [0.25, 0.3) is 5.91 Å². The largest absolute Gasteiger partial charge is 0.325 e. The van der Waals surface area contributed by atoms with Crippen LogP contribution in [-0.4, -0.2) is 23.1 Å². The molecule has 2 aliphatic rings. The average Bonchev–Trinajstić information content (AvgIpc) is 2.87. The first kappa shape index (κ1) is 10.7. The molecule has 1 aliphatic heterocycles. The molecule has 0 radical (unpaired) electrons. The normalized spacial score (nSPS) is 27.6. The highest BCUT2D eigenvalue weighted by atomic mass is 16.7. The molecule has 4 nitrogen and oxygen atoms in total. The second-order valence-electron chi connectivity index (χ2n) is 4.74. The molecule has 1 aromatic carbocycles. The fraction of sp³-hybridized carbons (Fsp3) is 0.462. The SMILES string of the molecule is N[C@H]1CCC[C@@H]1ON1Cc2ccccc2C1=O. The van der Waals surface area contributed by atoms with E-state index in [0.717, 1.165) is 30.4 Å². The lowest BCUT2D eigenvalue weighted by Crippen LogP contribution is -2.38. The Labute approximate surface area is 100 Å². The third kappa shape index (κ3) is 1.83. The summed E-state index contributed by atoms with van der Waals surface area (Å²) in [6.45, 7) is 0.540. The molecule has 2 N–H and O–H groups in total. The number of hydroxylamine groups is 2. The van der Waals surface area contributed by atoms with Crippen molar-refractivity contribution in [3.05, 3.63) is 35.4 Å². The Kier molecular flexibility index (Phi) is 2.61. The van der Waals surface area contributed by atoms with E-state index in [-0.39, 0.29) is 18.1 Å². The van der Waals surface area contributed by atoms with Gasteiger partial charge in [-0.15, -0.1) is 0 Å². The first-order chi connectivity index (χ1) is 8.25. The third-order valence-corrected chi connectivity index (χ3v) is 3.55. The van der Waals surface area contributed by atoms with Crippen LogP contribution in [-0.2, 0) is 11.4 Å². The molecule has 2 atom stereocenters. The standard InChI is InChI=1S/C13H16N2O2/c14-11-6-3-7-12(11)17-15-8-9-4-1-2-5-10(9)13(15)16/h1-2,4-5,11-12H,3,6-8,14H2/t11-,12-/m0/s1. The number of hydrogen-bond donors (Lipinski definition) is 1. The number of fused-ring (bicyclic) bond motifs is 1. The minimum absolute atomic E-state index is 0.00624. The molecular formula is C13H16N2O2. The number of nitrogens with zero attached hydrogens (tertiary/aromatic N) is 1. The Balaban J connectivity index is 1.74. The molecule has 0 unspecified atom stereocenters. The van der Waals surface area contributed by atoms with Crippen LogP contribution in [0.2, 0.25) is 0 Å². The van der Waals surface area contributed by atoms with E-state index in [4.69, 9.17) is 10.6 Å². The molecule has 1 saturated carbocycles. The topological polar surface area (TPSA) is 55.6 Å². The van der Waals surface area contributed by atoms with Gasteiger partial charge in [-0.3, -0.25) is 9.63 Å². The highest BCUT2D eigenvalue weighted by molar-refractivity contribution is 5.97. The van der Waals surface area contributed by atoms with E-state index in [1.165, 1.54) is 5.06 Å². The quantitative estimate of drug-likeness (QED) is 0.839. The number of benzene rings is 1. The Morgan fingerprint density at radius 1 is 1.29 bits per heavy atom. The summed E-state index contributed by atoms with van der Waals surface area (Å²) in [6, 6.07) is 7.69. The van der Waals surface area contributed by atoms with E-state index >= 15 is 0 Å². The number of rotatable bonds is 2. The van der Waals surface area contributed by atoms with Gasteiger partial charge < -0.3 is 5.73 Å². The summed E-state index contributed by atoms with van der Waals surface area (Å²) >= 11 is 0. The summed E-state index contributed by atoms with van der Waals surface area (Å²) < 4.78 is 0. The predicted molar refractivity (Wildman–Crippen MR) is 63.0 cm³/mol. The Bertz CT molecular complexity index is 447. The number of nitrogens with two attached hydrogens (primary N) is 1. The van der Waals surface area contributed by atoms with E-state index in [2.05, 4.69) is 0 Å². The van der Waals surface area contributed by atoms with Crippen molar-refractivity contribution in [3.63, 3.8) is 0 Å². The van der Waals surface area contributed by atoms with Crippen molar-refractivity contribution in [1.29, 1.82) is 0 Å². The number of hydrogen-bond acceptors (Lipinski definition) is 3. The summed E-state index contributed by atoms with van der Waals surface area (Å²) in [5.74, 6) is -0.0419. The van der Waals surface area contributed by atoms with Gasteiger partial charge in [0.05, 0.1) is 6.54 Å². The van der Waals surface area contributed by atoms with Gasteiger partial charge in [-0.25, -0.2) is 5.06 Å². The van der Waals surface area contributed by atoms with Gasteiger partial charge in [0.1, 0.15) is 6.10 Å². The van der Waals surface area contributed by atoms with E-state index in [9.17, 15) is 4.79 Å². The second kappa shape index (κ2) is 4.13. The summed E-state index contributed by atoms with van der Waals surface area (Å²) in [7, 11) is 0. The molecule has 1 amide bonds. The van der Waals surface area contributed by atoms with Crippen molar-refractivity contribution in [3.8, 4) is 0 Å². The van der Waals surface area contributed by atoms with E-state index in [0.29, 0.717) is 6.54 Å². The van der Waals surface area contributed by atoms with E-state index in [1.807, 2.05) is 24.3 Å². The summed E-state index contributed by atoms with van der Waals surface area (Å²) in [5.41, 5.74) is 7.73. The zero-order valence-electron chi connectivity index (χ0n) is 9.63. The lowest BCUT2D eigenvalue weighted by molar-refractivity contribution is -0.166. The third-order valence-electron chi connectivity index (χ3n) is 3.55. The zero-order valence-corrected chi connectivity index (χ0v) is 9.63. The average molecular weight is 232 g/mol. The minimum atomic E-state index is -0.0419. The van der Waals surface area contributed by atoms with Crippen molar-refractivity contribution in [1.82, 2.24) is 5.06 Å². The minimum Gasteiger partial charge on any atom is -0.325 e. The van der Waals surface area contributed by atoms with Crippen LogP contribution in [0.15, 0.2) is 24.3 Å². The molecule has 1 heterocycles. The van der Waals surface area contributed by atoms with Crippen LogP contribution in [0.1, 0.15) is 35.2 Å². The molecular weight excluding hydrogens is 216 g/mol. The molecule has 90 valence electrons. The van der Waals surface area contributed by atoms with Crippen molar-refractivity contribution >= 4 is 5.91 Å². The maximum atomic E-state index is 12.1. The van der Waals surface area contributed by atoms with Crippen molar-refractivity contribution in [2.75, 3.05) is 0 Å². The van der Waals surface area contributed by atoms with Crippen LogP contribution in [0.4, 0.5) is 0 Å². The first-order valence-electron chi connectivity index (χ1n) is 6.08. The molecule has 0 bridgehead atoms. The van der Waals surface area contributed by atoms with Crippen LogP contribution >= 0.6 is 0 Å². The second-order valence-corrected chi connectivity index (χ2v) is 4.74. The van der Waals surface area contributed by atoms with Crippen molar-refractivity contribution in [2.24, 2.45) is 5.73 Å². The monoisotopic (exact) mass is 232 g/mol. The van der Waals surface area contributed by atoms with Gasteiger partial charge in [-0.05, 0) is 30.9 Å². The van der Waals surface area contributed by atoms with Gasteiger partial charge in [-0.2, -0.15) is 0 Å². The summed E-state index contributed by atoms with van der Waals surface area (Å²) in [5, 5.41) is 1.46. The van der Waals surface area contributed by atoms with Crippen LogP contribution in [0.5, 0.6) is 0 Å². The highest BCUT2D eigenvalue weighted by Gasteiger charge is 2.33. The van der Waals surface area contributed by atoms with Gasteiger partial charge in [0.2, 0.25) is 0 Å². The Morgan fingerprint density at radius 2 is 2.12 bits per heavy atom. The maximum absolute atomic E-state index is 12.1. The smallest absolute Gasteiger partial charge is 0.278 e. The molecule has 1 aromatic rings. The van der Waals surface area contributed by atoms with Crippen molar-refractivity contribution in [2.45, 2.75) is 38.0 Å². The lowest BCUT2D eigenvalue weighted by atomic mass is 10.1. The van der Waals surface area contributed by atoms with Gasteiger partial charge in [0.15, 0.2) is 0 Å². The first-order valence-corrected chi connectivity index (χ1v) is 6.08. The predicted octanol–water partition coefficient (Wildman–Crippen LogP) is 1.45. The van der Waals surface area contributed by atoms with E-state index in [1.54, 1.807) is 0 Å². The number of carbonyl (C=O) groups is 1. The number of carbonyl (C=O) groups excluding carboxylic acids is 1. The summed E-state index contributed by atoms with van der Waals surface area (Å²) in [6.07, 6.45) is 3.01. The molecule has 1 fully saturated rings. The van der Waals surface area contributed by atoms with Gasteiger partial charge in [0, 0.05) is 11.6 Å². The van der Waals surface area contributed by atoms with Crippen LogP contribution in [0.3, 0.4) is 0 Å². The highest BCUT2D eigenvalue weighted by Crippen LogP contribution is 2.27. The lowest BCUT2D eigenvalue weighted by Gasteiger charge is -2.23. The maximum Gasteiger partial charge on any atom is 0.278 e. The molecule has 0 spiro atoms. The zero-order chi connectivity index (χ0) is 11.8. The Hall–Kier alpha value is -1.39. The fourth-order valence-electron chi connectivity index (χ4n) is 2.56. The van der Waals surface area contributed by atoms with Gasteiger partial charge in [-0.1, -0.05) is 18.2 Å². The molecule has 3 rings (SSSR count). The van der Waals surface area contributed by atoms with Crippen LogP contribution < -0.4 is 5.73 Å². The molecule has 17 heavy (non-hydrogen) atoms. The van der Waals surface area contributed by atoms with Crippen LogP contribution in [0.25, 0.3) is 0 Å².